The number of ether oxygens (including phenoxy) is 1. The Morgan fingerprint density at radius 1 is 1.21 bits per heavy atom. The predicted molar refractivity (Wildman–Crippen MR) is 85.4 cm³/mol. The molecule has 0 aromatic carbocycles. The maximum atomic E-state index is 9.58. The first-order chi connectivity index (χ1) is 11.8. The number of aromatic amines is 1. The second-order valence-electron chi connectivity index (χ2n) is 5.24. The van der Waals surface area contributed by atoms with Crippen molar-refractivity contribution in [2.24, 2.45) is 5.73 Å². The molecule has 24 heavy (non-hydrogen) atoms. The van der Waals surface area contributed by atoms with Crippen molar-refractivity contribution in [2.75, 3.05) is 0 Å². The first kappa shape index (κ1) is 14.0. The van der Waals surface area contributed by atoms with Crippen LogP contribution in [-0.4, -0.2) is 20.2 Å². The van der Waals surface area contributed by atoms with Gasteiger partial charge in [0, 0.05) is 18.6 Å². The summed E-state index contributed by atoms with van der Waals surface area (Å²) in [6.07, 6.45) is 5.08. The highest BCUT2D eigenvalue weighted by Gasteiger charge is 2.35. The molecule has 0 unspecified atom stereocenters. The quantitative estimate of drug-likeness (QED) is 0.748. The van der Waals surface area contributed by atoms with Gasteiger partial charge in [-0.05, 0) is 23.8 Å². The normalized spacial score (nSPS) is 16.2. The number of pyridine rings is 2. The van der Waals surface area contributed by atoms with Gasteiger partial charge >= 0.3 is 0 Å². The van der Waals surface area contributed by atoms with E-state index in [1.165, 1.54) is 0 Å². The van der Waals surface area contributed by atoms with Crippen LogP contribution in [-0.2, 0) is 0 Å². The number of nitrogens with zero attached hydrogens (tertiary/aromatic N) is 4. The highest BCUT2D eigenvalue weighted by molar-refractivity contribution is 5.68. The Hall–Kier alpha value is -3.66. The lowest BCUT2D eigenvalue weighted by Crippen LogP contribution is -2.21. The molecule has 4 heterocycles. The molecule has 1 aliphatic heterocycles. The molecule has 0 aliphatic carbocycles. The summed E-state index contributed by atoms with van der Waals surface area (Å²) in [5.74, 6) is -0.0119. The SMILES string of the molecule is N#CC1=C(N)Oc2n[nH]c(-c3ccccn3)c2[C@H]1c1cccnc1. The molecule has 0 amide bonds. The minimum Gasteiger partial charge on any atom is -0.420 e. The Morgan fingerprint density at radius 2 is 2.12 bits per heavy atom. The van der Waals surface area contributed by atoms with Crippen molar-refractivity contribution in [3.05, 3.63) is 71.5 Å². The Bertz CT molecular complexity index is 956. The summed E-state index contributed by atoms with van der Waals surface area (Å²) >= 11 is 0. The average Bonchev–Trinajstić information content (AvgIpc) is 3.05. The van der Waals surface area contributed by atoms with Crippen molar-refractivity contribution in [2.45, 2.75) is 5.92 Å². The number of fused-ring (bicyclic) bond motifs is 1. The van der Waals surface area contributed by atoms with Crippen molar-refractivity contribution in [3.63, 3.8) is 0 Å². The van der Waals surface area contributed by atoms with Gasteiger partial charge in [-0.25, -0.2) is 0 Å². The number of nitrogens with one attached hydrogen (secondary N) is 1. The zero-order valence-corrected chi connectivity index (χ0v) is 12.5. The van der Waals surface area contributed by atoms with Crippen LogP contribution in [0.2, 0.25) is 0 Å². The molecule has 1 atom stereocenters. The van der Waals surface area contributed by atoms with Gasteiger partial charge in [-0.3, -0.25) is 15.1 Å². The van der Waals surface area contributed by atoms with E-state index in [2.05, 4.69) is 26.2 Å². The number of nitrogens with two attached hydrogens (primary N) is 1. The van der Waals surface area contributed by atoms with Crippen LogP contribution in [0.5, 0.6) is 5.88 Å². The van der Waals surface area contributed by atoms with Crippen molar-refractivity contribution in [1.29, 1.82) is 5.26 Å². The minimum absolute atomic E-state index is 0.0536. The Labute approximate surface area is 137 Å². The molecular formula is C17H12N6O. The van der Waals surface area contributed by atoms with E-state index in [0.29, 0.717) is 22.8 Å². The molecular weight excluding hydrogens is 304 g/mol. The van der Waals surface area contributed by atoms with Crippen LogP contribution in [0.25, 0.3) is 11.4 Å². The molecule has 0 fully saturated rings. The summed E-state index contributed by atoms with van der Waals surface area (Å²) in [6.45, 7) is 0. The van der Waals surface area contributed by atoms with Gasteiger partial charge in [0.15, 0.2) is 0 Å². The summed E-state index contributed by atoms with van der Waals surface area (Å²) in [4.78, 5) is 8.51. The Kier molecular flexibility index (Phi) is 3.21. The zero-order chi connectivity index (χ0) is 16.5. The van der Waals surface area contributed by atoms with Crippen molar-refractivity contribution < 1.29 is 4.74 Å². The third-order valence-corrected chi connectivity index (χ3v) is 3.88. The maximum Gasteiger partial charge on any atom is 0.244 e. The zero-order valence-electron chi connectivity index (χ0n) is 12.5. The van der Waals surface area contributed by atoms with Gasteiger partial charge < -0.3 is 10.5 Å². The molecule has 3 aromatic heterocycles. The van der Waals surface area contributed by atoms with Crippen molar-refractivity contribution in [1.82, 2.24) is 20.2 Å². The number of rotatable bonds is 2. The van der Waals surface area contributed by atoms with Gasteiger partial charge in [-0.15, -0.1) is 5.10 Å². The molecule has 0 saturated carbocycles. The van der Waals surface area contributed by atoms with Crippen LogP contribution in [0, 0.1) is 11.3 Å². The van der Waals surface area contributed by atoms with E-state index in [1.807, 2.05) is 30.3 Å². The van der Waals surface area contributed by atoms with Crippen molar-refractivity contribution in [3.8, 4) is 23.3 Å². The lowest BCUT2D eigenvalue weighted by atomic mass is 9.84. The Morgan fingerprint density at radius 3 is 2.83 bits per heavy atom. The van der Waals surface area contributed by atoms with Gasteiger partial charge in [0.2, 0.25) is 11.8 Å². The molecule has 0 bridgehead atoms. The van der Waals surface area contributed by atoms with E-state index < -0.39 is 5.92 Å². The summed E-state index contributed by atoms with van der Waals surface area (Å²) in [6, 6.07) is 11.4. The molecule has 0 spiro atoms. The lowest BCUT2D eigenvalue weighted by Gasteiger charge is -2.23. The standard InChI is InChI=1S/C17H12N6O/c18-8-11-13(10-4-3-6-20-9-10)14-15(12-5-1-2-7-21-12)22-23-17(14)24-16(11)19/h1-7,9,13H,19H2,(H,22,23)/t13-/m0/s1. The summed E-state index contributed by atoms with van der Waals surface area (Å²) in [5.41, 5.74) is 9.22. The smallest absolute Gasteiger partial charge is 0.244 e. The maximum absolute atomic E-state index is 9.58. The molecule has 0 radical (unpaired) electrons. The fraction of sp³-hybridized carbons (Fsp3) is 0.0588. The topological polar surface area (TPSA) is 114 Å². The summed E-state index contributed by atoms with van der Waals surface area (Å²) < 4.78 is 5.53. The monoisotopic (exact) mass is 316 g/mol. The van der Waals surface area contributed by atoms with E-state index in [-0.39, 0.29) is 5.88 Å². The highest BCUT2D eigenvalue weighted by atomic mass is 16.5. The number of H-pyrrole nitrogens is 1. The number of aromatic nitrogens is 4. The largest absolute Gasteiger partial charge is 0.420 e. The molecule has 4 rings (SSSR count). The fourth-order valence-corrected chi connectivity index (χ4v) is 2.83. The fourth-order valence-electron chi connectivity index (χ4n) is 2.83. The van der Waals surface area contributed by atoms with Gasteiger partial charge in [0.05, 0.1) is 22.9 Å². The third-order valence-electron chi connectivity index (χ3n) is 3.88. The molecule has 3 aromatic rings. The van der Waals surface area contributed by atoms with Crippen molar-refractivity contribution >= 4 is 0 Å². The first-order valence-electron chi connectivity index (χ1n) is 7.26. The van der Waals surface area contributed by atoms with Crippen LogP contribution < -0.4 is 10.5 Å². The number of hydrogen-bond donors (Lipinski definition) is 2. The van der Waals surface area contributed by atoms with Gasteiger partial charge in [0.1, 0.15) is 11.6 Å². The average molecular weight is 316 g/mol. The Balaban J connectivity index is 1.96. The van der Waals surface area contributed by atoms with Crippen LogP contribution in [0.4, 0.5) is 0 Å². The molecule has 0 saturated heterocycles. The summed E-state index contributed by atoms with van der Waals surface area (Å²) in [5, 5.41) is 16.7. The second-order valence-corrected chi connectivity index (χ2v) is 5.24. The number of nitriles is 1. The van der Waals surface area contributed by atoms with Crippen LogP contribution >= 0.6 is 0 Å². The van der Waals surface area contributed by atoms with E-state index >= 15 is 0 Å². The molecule has 7 heteroatoms. The highest BCUT2D eigenvalue weighted by Crippen LogP contribution is 2.44. The van der Waals surface area contributed by atoms with Gasteiger partial charge in [-0.2, -0.15) is 5.26 Å². The molecule has 7 nitrogen and oxygen atoms in total. The van der Waals surface area contributed by atoms with Crippen LogP contribution in [0.15, 0.2) is 60.4 Å². The summed E-state index contributed by atoms with van der Waals surface area (Å²) in [7, 11) is 0. The van der Waals surface area contributed by atoms with Gasteiger partial charge in [-0.1, -0.05) is 12.1 Å². The van der Waals surface area contributed by atoms with E-state index in [9.17, 15) is 5.26 Å². The molecule has 1 aliphatic rings. The molecule has 116 valence electrons. The lowest BCUT2D eigenvalue weighted by molar-refractivity contribution is 0.379. The first-order valence-corrected chi connectivity index (χ1v) is 7.26. The van der Waals surface area contributed by atoms with E-state index in [0.717, 1.165) is 11.1 Å². The number of allylic oxidation sites excluding steroid dienone is 1. The molecule has 3 N–H and O–H groups in total. The second kappa shape index (κ2) is 5.52. The van der Waals surface area contributed by atoms with E-state index in [1.54, 1.807) is 18.6 Å². The predicted octanol–water partition coefficient (Wildman–Crippen LogP) is 2.08. The van der Waals surface area contributed by atoms with Gasteiger partial charge in [0.25, 0.3) is 0 Å². The van der Waals surface area contributed by atoms with Crippen LogP contribution in [0.1, 0.15) is 17.0 Å². The minimum atomic E-state index is -0.414. The van der Waals surface area contributed by atoms with E-state index in [4.69, 9.17) is 10.5 Å². The number of hydrogen-bond acceptors (Lipinski definition) is 6. The third kappa shape index (κ3) is 2.09. The van der Waals surface area contributed by atoms with Crippen LogP contribution in [0.3, 0.4) is 0 Å².